The Bertz CT molecular complexity index is 295. The van der Waals surface area contributed by atoms with Crippen LogP contribution < -0.4 is 11.1 Å². The zero-order valence-electron chi connectivity index (χ0n) is 8.68. The summed E-state index contributed by atoms with van der Waals surface area (Å²) in [6, 6.07) is 6.16. The van der Waals surface area contributed by atoms with E-state index in [1.54, 1.807) is 0 Å². The second kappa shape index (κ2) is 5.11. The lowest BCUT2D eigenvalue weighted by Gasteiger charge is -2.16. The van der Waals surface area contributed by atoms with Gasteiger partial charge in [0.15, 0.2) is 0 Å². The summed E-state index contributed by atoms with van der Waals surface area (Å²) in [5, 5.41) is 4.02. The van der Waals surface area contributed by atoms with E-state index in [-0.39, 0.29) is 0 Å². The van der Waals surface area contributed by atoms with E-state index in [9.17, 15) is 0 Å². The van der Waals surface area contributed by atoms with Crippen LogP contribution in [0.3, 0.4) is 0 Å². The Morgan fingerprint density at radius 1 is 1.36 bits per heavy atom. The first-order valence-electron chi connectivity index (χ1n) is 4.99. The SMILES string of the molecule is CCC(CC)Nc1ccc(Cl)c(N)c1. The minimum Gasteiger partial charge on any atom is -0.397 e. The first kappa shape index (κ1) is 11.2. The molecule has 0 spiro atoms. The van der Waals surface area contributed by atoms with Crippen molar-refractivity contribution < 1.29 is 0 Å². The highest BCUT2D eigenvalue weighted by Crippen LogP contribution is 2.23. The second-order valence-electron chi connectivity index (χ2n) is 3.39. The van der Waals surface area contributed by atoms with Crippen LogP contribution >= 0.6 is 11.6 Å². The maximum atomic E-state index is 5.83. The third-order valence-corrected chi connectivity index (χ3v) is 2.70. The molecule has 0 atom stereocenters. The molecule has 3 heteroatoms. The van der Waals surface area contributed by atoms with Crippen LogP contribution in [0.2, 0.25) is 5.02 Å². The van der Waals surface area contributed by atoms with Crippen molar-refractivity contribution in [2.75, 3.05) is 11.1 Å². The van der Waals surface area contributed by atoms with Crippen molar-refractivity contribution in [3.05, 3.63) is 23.2 Å². The molecule has 1 aromatic carbocycles. The summed E-state index contributed by atoms with van der Waals surface area (Å²) >= 11 is 5.83. The van der Waals surface area contributed by atoms with Crippen LogP contribution in [0.1, 0.15) is 26.7 Å². The van der Waals surface area contributed by atoms with E-state index in [1.807, 2.05) is 18.2 Å². The monoisotopic (exact) mass is 212 g/mol. The molecule has 0 radical (unpaired) electrons. The number of nitrogens with one attached hydrogen (secondary N) is 1. The van der Waals surface area contributed by atoms with Gasteiger partial charge in [-0.25, -0.2) is 0 Å². The first-order chi connectivity index (χ1) is 6.67. The summed E-state index contributed by atoms with van der Waals surface area (Å²) in [6.07, 6.45) is 2.22. The predicted molar refractivity (Wildman–Crippen MR) is 63.9 cm³/mol. The Labute approximate surface area is 90.4 Å². The molecule has 0 amide bonds. The van der Waals surface area contributed by atoms with Crippen molar-refractivity contribution in [1.29, 1.82) is 0 Å². The van der Waals surface area contributed by atoms with Gasteiger partial charge in [-0.05, 0) is 31.0 Å². The molecule has 1 aromatic rings. The zero-order chi connectivity index (χ0) is 10.6. The summed E-state index contributed by atoms with van der Waals surface area (Å²) in [4.78, 5) is 0. The van der Waals surface area contributed by atoms with E-state index < -0.39 is 0 Å². The molecule has 0 saturated carbocycles. The lowest BCUT2D eigenvalue weighted by Crippen LogP contribution is -2.16. The Morgan fingerprint density at radius 3 is 2.50 bits per heavy atom. The van der Waals surface area contributed by atoms with Crippen molar-refractivity contribution in [2.24, 2.45) is 0 Å². The second-order valence-corrected chi connectivity index (χ2v) is 3.80. The van der Waals surface area contributed by atoms with E-state index in [1.165, 1.54) is 0 Å². The van der Waals surface area contributed by atoms with Crippen LogP contribution in [-0.4, -0.2) is 6.04 Å². The summed E-state index contributed by atoms with van der Waals surface area (Å²) in [5.74, 6) is 0. The standard InChI is InChI=1S/C11H17ClN2/c1-3-8(4-2)14-9-5-6-10(12)11(13)7-9/h5-8,14H,3-4,13H2,1-2H3. The molecule has 0 aromatic heterocycles. The van der Waals surface area contributed by atoms with Gasteiger partial charge in [0.1, 0.15) is 0 Å². The third kappa shape index (κ3) is 2.81. The van der Waals surface area contributed by atoms with E-state index in [0.29, 0.717) is 16.8 Å². The number of rotatable bonds is 4. The quantitative estimate of drug-likeness (QED) is 0.750. The fourth-order valence-corrected chi connectivity index (χ4v) is 1.48. The maximum absolute atomic E-state index is 5.83. The average Bonchev–Trinajstić information content (AvgIpc) is 2.19. The highest BCUT2D eigenvalue weighted by molar-refractivity contribution is 6.33. The van der Waals surface area contributed by atoms with E-state index in [4.69, 9.17) is 17.3 Å². The van der Waals surface area contributed by atoms with Gasteiger partial charge < -0.3 is 11.1 Å². The summed E-state index contributed by atoms with van der Waals surface area (Å²) in [5.41, 5.74) is 7.38. The number of nitrogens with two attached hydrogens (primary N) is 1. The number of halogens is 1. The molecule has 14 heavy (non-hydrogen) atoms. The van der Waals surface area contributed by atoms with Gasteiger partial charge in [-0.2, -0.15) is 0 Å². The molecule has 0 unspecified atom stereocenters. The highest BCUT2D eigenvalue weighted by atomic mass is 35.5. The van der Waals surface area contributed by atoms with Gasteiger partial charge >= 0.3 is 0 Å². The Balaban J connectivity index is 2.72. The topological polar surface area (TPSA) is 38.0 Å². The van der Waals surface area contributed by atoms with Crippen LogP contribution in [0, 0.1) is 0 Å². The minimum absolute atomic E-state index is 0.510. The van der Waals surface area contributed by atoms with Crippen molar-refractivity contribution in [3.8, 4) is 0 Å². The molecule has 0 aliphatic rings. The molecule has 78 valence electrons. The molecular weight excluding hydrogens is 196 g/mol. The lowest BCUT2D eigenvalue weighted by molar-refractivity contribution is 0.672. The van der Waals surface area contributed by atoms with Crippen LogP contribution in [0.5, 0.6) is 0 Å². The molecular formula is C11H17ClN2. The highest BCUT2D eigenvalue weighted by Gasteiger charge is 2.03. The molecule has 0 saturated heterocycles. The molecule has 0 bridgehead atoms. The van der Waals surface area contributed by atoms with Crippen LogP contribution in [0.25, 0.3) is 0 Å². The van der Waals surface area contributed by atoms with E-state index >= 15 is 0 Å². The molecule has 0 aliphatic carbocycles. The zero-order valence-corrected chi connectivity index (χ0v) is 9.43. The maximum Gasteiger partial charge on any atom is 0.0636 e. The van der Waals surface area contributed by atoms with Crippen molar-refractivity contribution >= 4 is 23.0 Å². The van der Waals surface area contributed by atoms with E-state index in [2.05, 4.69) is 19.2 Å². The van der Waals surface area contributed by atoms with Crippen molar-refractivity contribution in [1.82, 2.24) is 0 Å². The van der Waals surface area contributed by atoms with Gasteiger partial charge in [0.2, 0.25) is 0 Å². The van der Waals surface area contributed by atoms with Gasteiger partial charge in [-0.1, -0.05) is 25.4 Å². The normalized spacial score (nSPS) is 10.6. The summed E-state index contributed by atoms with van der Waals surface area (Å²) in [7, 11) is 0. The van der Waals surface area contributed by atoms with Crippen LogP contribution in [0.4, 0.5) is 11.4 Å². The molecule has 0 fully saturated rings. The Hall–Kier alpha value is -0.890. The smallest absolute Gasteiger partial charge is 0.0636 e. The Morgan fingerprint density at radius 2 is 2.00 bits per heavy atom. The molecule has 1 rings (SSSR count). The Kier molecular flexibility index (Phi) is 4.08. The summed E-state index contributed by atoms with van der Waals surface area (Å²) in [6.45, 7) is 4.33. The van der Waals surface area contributed by atoms with Crippen molar-refractivity contribution in [2.45, 2.75) is 32.7 Å². The fraction of sp³-hybridized carbons (Fsp3) is 0.455. The van der Waals surface area contributed by atoms with Gasteiger partial charge in [-0.15, -0.1) is 0 Å². The summed E-state index contributed by atoms with van der Waals surface area (Å²) < 4.78 is 0. The largest absolute Gasteiger partial charge is 0.397 e. The van der Waals surface area contributed by atoms with Crippen LogP contribution in [-0.2, 0) is 0 Å². The first-order valence-corrected chi connectivity index (χ1v) is 5.36. The molecule has 2 nitrogen and oxygen atoms in total. The number of hydrogen-bond donors (Lipinski definition) is 2. The number of nitrogen functional groups attached to an aromatic ring is 1. The van der Waals surface area contributed by atoms with Crippen LogP contribution in [0.15, 0.2) is 18.2 Å². The van der Waals surface area contributed by atoms with Crippen molar-refractivity contribution in [3.63, 3.8) is 0 Å². The van der Waals surface area contributed by atoms with Gasteiger partial charge in [0.05, 0.1) is 10.7 Å². The van der Waals surface area contributed by atoms with Gasteiger partial charge in [-0.3, -0.25) is 0 Å². The minimum atomic E-state index is 0.510. The van der Waals surface area contributed by atoms with Gasteiger partial charge in [0.25, 0.3) is 0 Å². The van der Waals surface area contributed by atoms with E-state index in [0.717, 1.165) is 18.5 Å². The predicted octanol–water partition coefficient (Wildman–Crippen LogP) is 3.52. The fourth-order valence-electron chi connectivity index (χ4n) is 1.36. The number of anilines is 2. The number of benzene rings is 1. The number of hydrogen-bond acceptors (Lipinski definition) is 2. The third-order valence-electron chi connectivity index (χ3n) is 2.35. The lowest BCUT2D eigenvalue weighted by atomic mass is 10.1. The average molecular weight is 213 g/mol. The molecule has 3 N–H and O–H groups in total. The molecule has 0 aliphatic heterocycles. The van der Waals surface area contributed by atoms with Gasteiger partial charge in [0, 0.05) is 11.7 Å². The molecule has 0 heterocycles.